The standard InChI is InChI=1S/C22H27N3O3/c1-15(26)25-12-11-17-13-18(7-10-20(17)25)22(27)23-14-21(24(2)3)16-5-8-19(28-4)9-6-16/h5-10,13,21H,11-12,14H2,1-4H3,(H,23,27). The molecule has 2 aromatic rings. The summed E-state index contributed by atoms with van der Waals surface area (Å²) in [4.78, 5) is 28.2. The highest BCUT2D eigenvalue weighted by Crippen LogP contribution is 2.29. The van der Waals surface area contributed by atoms with Crippen LogP contribution in [-0.4, -0.2) is 51.0 Å². The number of nitrogens with one attached hydrogen (secondary N) is 1. The van der Waals surface area contributed by atoms with Crippen molar-refractivity contribution in [3.05, 3.63) is 59.2 Å². The summed E-state index contributed by atoms with van der Waals surface area (Å²) >= 11 is 0. The summed E-state index contributed by atoms with van der Waals surface area (Å²) < 4.78 is 5.22. The third kappa shape index (κ3) is 4.17. The molecule has 0 saturated carbocycles. The van der Waals surface area contributed by atoms with E-state index < -0.39 is 0 Å². The molecule has 1 aliphatic heterocycles. The zero-order valence-electron chi connectivity index (χ0n) is 16.9. The summed E-state index contributed by atoms with van der Waals surface area (Å²) in [6.45, 7) is 2.74. The number of hydrogen-bond acceptors (Lipinski definition) is 4. The Bertz CT molecular complexity index is 862. The van der Waals surface area contributed by atoms with Crippen LogP contribution in [0, 0.1) is 0 Å². The predicted octanol–water partition coefficient (Wildman–Crippen LogP) is 2.64. The minimum Gasteiger partial charge on any atom is -0.497 e. The zero-order valence-corrected chi connectivity index (χ0v) is 16.9. The van der Waals surface area contributed by atoms with Crippen LogP contribution >= 0.6 is 0 Å². The Morgan fingerprint density at radius 1 is 1.18 bits per heavy atom. The number of likely N-dealkylation sites (N-methyl/N-ethyl adjacent to an activating group) is 1. The van der Waals surface area contributed by atoms with Crippen molar-refractivity contribution in [3.8, 4) is 5.75 Å². The van der Waals surface area contributed by atoms with E-state index in [-0.39, 0.29) is 17.9 Å². The fraction of sp³-hybridized carbons (Fsp3) is 0.364. The van der Waals surface area contributed by atoms with Gasteiger partial charge in [-0.1, -0.05) is 12.1 Å². The summed E-state index contributed by atoms with van der Waals surface area (Å²) in [5.41, 5.74) is 3.68. The molecule has 1 N–H and O–H groups in total. The molecule has 0 bridgehead atoms. The van der Waals surface area contributed by atoms with E-state index in [1.807, 2.05) is 50.5 Å². The molecular weight excluding hydrogens is 354 g/mol. The van der Waals surface area contributed by atoms with Crippen LogP contribution < -0.4 is 15.0 Å². The van der Waals surface area contributed by atoms with Crippen LogP contribution in [0.3, 0.4) is 0 Å². The molecular formula is C22H27N3O3. The Balaban J connectivity index is 1.69. The number of nitrogens with zero attached hydrogens (tertiary/aromatic N) is 2. The number of rotatable bonds is 6. The van der Waals surface area contributed by atoms with Crippen molar-refractivity contribution in [1.29, 1.82) is 0 Å². The highest BCUT2D eigenvalue weighted by atomic mass is 16.5. The lowest BCUT2D eigenvalue weighted by Crippen LogP contribution is -2.34. The molecule has 6 heteroatoms. The van der Waals surface area contributed by atoms with E-state index >= 15 is 0 Å². The first-order valence-corrected chi connectivity index (χ1v) is 9.40. The van der Waals surface area contributed by atoms with Gasteiger partial charge in [0.15, 0.2) is 0 Å². The van der Waals surface area contributed by atoms with Gasteiger partial charge < -0.3 is 19.9 Å². The van der Waals surface area contributed by atoms with Crippen LogP contribution in [0.2, 0.25) is 0 Å². The molecule has 28 heavy (non-hydrogen) atoms. The summed E-state index contributed by atoms with van der Waals surface area (Å²) in [7, 11) is 5.63. The van der Waals surface area contributed by atoms with Gasteiger partial charge in [0.25, 0.3) is 5.91 Å². The van der Waals surface area contributed by atoms with Crippen LogP contribution in [-0.2, 0) is 11.2 Å². The van der Waals surface area contributed by atoms with Gasteiger partial charge in [0.1, 0.15) is 5.75 Å². The first-order chi connectivity index (χ1) is 13.4. The van der Waals surface area contributed by atoms with E-state index in [1.165, 1.54) is 0 Å². The van der Waals surface area contributed by atoms with Crippen molar-refractivity contribution in [2.75, 3.05) is 39.2 Å². The molecule has 1 atom stereocenters. The Morgan fingerprint density at radius 3 is 2.50 bits per heavy atom. The van der Waals surface area contributed by atoms with Crippen molar-refractivity contribution >= 4 is 17.5 Å². The molecule has 1 unspecified atom stereocenters. The average molecular weight is 381 g/mol. The topological polar surface area (TPSA) is 61.9 Å². The third-order valence-electron chi connectivity index (χ3n) is 5.20. The molecule has 3 rings (SSSR count). The van der Waals surface area contributed by atoms with Crippen LogP contribution in [0.4, 0.5) is 5.69 Å². The van der Waals surface area contributed by atoms with Crippen LogP contribution in [0.5, 0.6) is 5.75 Å². The van der Waals surface area contributed by atoms with Gasteiger partial charge in [0.05, 0.1) is 13.2 Å². The Kier molecular flexibility index (Phi) is 5.99. The second-order valence-electron chi connectivity index (χ2n) is 7.23. The van der Waals surface area contributed by atoms with Gasteiger partial charge in [0.2, 0.25) is 5.91 Å². The smallest absolute Gasteiger partial charge is 0.251 e. The van der Waals surface area contributed by atoms with Crippen molar-refractivity contribution in [2.24, 2.45) is 0 Å². The van der Waals surface area contributed by atoms with E-state index in [2.05, 4.69) is 10.2 Å². The number of methoxy groups -OCH3 is 1. The summed E-state index contributed by atoms with van der Waals surface area (Å²) in [6, 6.07) is 13.5. The largest absolute Gasteiger partial charge is 0.497 e. The van der Waals surface area contributed by atoms with E-state index in [0.29, 0.717) is 18.7 Å². The van der Waals surface area contributed by atoms with Gasteiger partial charge in [-0.25, -0.2) is 0 Å². The Morgan fingerprint density at radius 2 is 1.89 bits per heavy atom. The van der Waals surface area contributed by atoms with E-state index in [0.717, 1.165) is 29.0 Å². The van der Waals surface area contributed by atoms with Crippen LogP contribution in [0.15, 0.2) is 42.5 Å². The molecule has 2 amide bonds. The first-order valence-electron chi connectivity index (χ1n) is 9.40. The summed E-state index contributed by atoms with van der Waals surface area (Å²) in [5.74, 6) is 0.733. The molecule has 0 fully saturated rings. The van der Waals surface area contributed by atoms with Crippen molar-refractivity contribution in [2.45, 2.75) is 19.4 Å². The van der Waals surface area contributed by atoms with Gasteiger partial charge in [0, 0.05) is 31.3 Å². The van der Waals surface area contributed by atoms with Crippen LogP contribution in [0.25, 0.3) is 0 Å². The number of fused-ring (bicyclic) bond motifs is 1. The third-order valence-corrected chi connectivity index (χ3v) is 5.20. The second kappa shape index (κ2) is 8.44. The maximum atomic E-state index is 12.7. The van der Waals surface area contributed by atoms with Gasteiger partial charge in [-0.15, -0.1) is 0 Å². The minimum atomic E-state index is -0.107. The lowest BCUT2D eigenvalue weighted by Gasteiger charge is -2.25. The zero-order chi connectivity index (χ0) is 20.3. The summed E-state index contributed by atoms with van der Waals surface area (Å²) in [5, 5.41) is 3.04. The highest BCUT2D eigenvalue weighted by Gasteiger charge is 2.23. The summed E-state index contributed by atoms with van der Waals surface area (Å²) in [6.07, 6.45) is 0.780. The van der Waals surface area contributed by atoms with Gasteiger partial charge in [-0.2, -0.15) is 0 Å². The van der Waals surface area contributed by atoms with E-state index in [9.17, 15) is 9.59 Å². The monoisotopic (exact) mass is 381 g/mol. The normalized spacial score (nSPS) is 14.0. The fourth-order valence-electron chi connectivity index (χ4n) is 3.59. The number of anilines is 1. The molecule has 0 radical (unpaired) electrons. The first kappa shape index (κ1) is 19.9. The van der Waals surface area contributed by atoms with Crippen molar-refractivity contribution in [3.63, 3.8) is 0 Å². The molecule has 2 aromatic carbocycles. The lowest BCUT2D eigenvalue weighted by molar-refractivity contribution is -0.116. The molecule has 0 aliphatic carbocycles. The maximum Gasteiger partial charge on any atom is 0.251 e. The van der Waals surface area contributed by atoms with Gasteiger partial charge >= 0.3 is 0 Å². The molecule has 0 aromatic heterocycles. The molecule has 1 aliphatic rings. The molecule has 148 valence electrons. The van der Waals surface area contributed by atoms with Gasteiger partial charge in [-0.3, -0.25) is 9.59 Å². The Hall–Kier alpha value is -2.86. The second-order valence-corrected chi connectivity index (χ2v) is 7.23. The Labute approximate surface area is 166 Å². The number of benzene rings is 2. The van der Waals surface area contributed by atoms with Crippen molar-refractivity contribution < 1.29 is 14.3 Å². The van der Waals surface area contributed by atoms with E-state index in [4.69, 9.17) is 4.74 Å². The van der Waals surface area contributed by atoms with E-state index in [1.54, 1.807) is 25.0 Å². The predicted molar refractivity (Wildman–Crippen MR) is 110 cm³/mol. The highest BCUT2D eigenvalue weighted by molar-refractivity contribution is 5.97. The SMILES string of the molecule is COc1ccc(C(CNC(=O)c2ccc3c(c2)CCN3C(C)=O)N(C)C)cc1. The quantitative estimate of drug-likeness (QED) is 0.836. The molecule has 0 saturated heterocycles. The molecule has 6 nitrogen and oxygen atoms in total. The minimum absolute atomic E-state index is 0.0317. The molecule has 1 heterocycles. The van der Waals surface area contributed by atoms with Crippen molar-refractivity contribution in [1.82, 2.24) is 10.2 Å². The number of amides is 2. The number of carbonyl (C=O) groups is 2. The molecule has 0 spiro atoms. The number of carbonyl (C=O) groups excluding carboxylic acids is 2. The number of ether oxygens (including phenoxy) is 1. The number of hydrogen-bond donors (Lipinski definition) is 1. The average Bonchev–Trinajstić information content (AvgIpc) is 3.11. The van der Waals surface area contributed by atoms with Gasteiger partial charge in [-0.05, 0) is 62.0 Å². The van der Waals surface area contributed by atoms with Crippen LogP contribution in [0.1, 0.15) is 34.5 Å². The lowest BCUT2D eigenvalue weighted by atomic mass is 10.0. The fourth-order valence-corrected chi connectivity index (χ4v) is 3.59. The maximum absolute atomic E-state index is 12.7.